The molecule has 0 saturated carbocycles. The smallest absolute Gasteiger partial charge is 0.0231 e. The second-order valence-electron chi connectivity index (χ2n) is 5.55. The van der Waals surface area contributed by atoms with Gasteiger partial charge >= 0.3 is 0 Å². The SMILES string of the molecule is CC(C)(C)c1ccc(CSc2ccccc2)cc1. The molecule has 0 heterocycles. The topological polar surface area (TPSA) is 0 Å². The van der Waals surface area contributed by atoms with Crippen LogP contribution in [-0.4, -0.2) is 0 Å². The Morgan fingerprint density at radius 3 is 2.00 bits per heavy atom. The van der Waals surface area contributed by atoms with Gasteiger partial charge in [-0.1, -0.05) is 63.2 Å². The van der Waals surface area contributed by atoms with Crippen molar-refractivity contribution in [2.45, 2.75) is 36.8 Å². The van der Waals surface area contributed by atoms with Gasteiger partial charge in [0, 0.05) is 10.6 Å². The van der Waals surface area contributed by atoms with Gasteiger partial charge in [-0.15, -0.1) is 11.8 Å². The van der Waals surface area contributed by atoms with E-state index < -0.39 is 0 Å². The molecule has 0 aliphatic carbocycles. The van der Waals surface area contributed by atoms with Gasteiger partial charge in [-0.05, 0) is 28.7 Å². The molecule has 2 aromatic rings. The lowest BCUT2D eigenvalue weighted by atomic mass is 9.87. The summed E-state index contributed by atoms with van der Waals surface area (Å²) in [7, 11) is 0. The average Bonchev–Trinajstić information content (AvgIpc) is 2.37. The lowest BCUT2D eigenvalue weighted by Gasteiger charge is -2.19. The van der Waals surface area contributed by atoms with E-state index in [4.69, 9.17) is 0 Å². The predicted octanol–water partition coefficient (Wildman–Crippen LogP) is 5.28. The zero-order chi connectivity index (χ0) is 13.0. The van der Waals surface area contributed by atoms with Gasteiger partial charge in [0.1, 0.15) is 0 Å². The number of hydrogen-bond acceptors (Lipinski definition) is 1. The molecule has 0 radical (unpaired) electrons. The maximum atomic E-state index is 2.25. The van der Waals surface area contributed by atoms with Crippen LogP contribution in [0.4, 0.5) is 0 Å². The van der Waals surface area contributed by atoms with Crippen LogP contribution in [0.25, 0.3) is 0 Å². The molecule has 0 N–H and O–H groups in total. The van der Waals surface area contributed by atoms with Crippen LogP contribution in [0.15, 0.2) is 59.5 Å². The summed E-state index contributed by atoms with van der Waals surface area (Å²) in [5.74, 6) is 1.04. The van der Waals surface area contributed by atoms with Crippen molar-refractivity contribution < 1.29 is 0 Å². The highest BCUT2D eigenvalue weighted by atomic mass is 32.2. The highest BCUT2D eigenvalue weighted by Crippen LogP contribution is 2.25. The van der Waals surface area contributed by atoms with Gasteiger partial charge in [-0.2, -0.15) is 0 Å². The minimum atomic E-state index is 0.241. The van der Waals surface area contributed by atoms with Crippen LogP contribution in [0.1, 0.15) is 31.9 Å². The van der Waals surface area contributed by atoms with Crippen LogP contribution in [0, 0.1) is 0 Å². The summed E-state index contributed by atoms with van der Waals surface area (Å²) in [6, 6.07) is 19.6. The van der Waals surface area contributed by atoms with E-state index in [1.165, 1.54) is 16.0 Å². The molecule has 0 unspecified atom stereocenters. The van der Waals surface area contributed by atoms with Crippen molar-refractivity contribution in [3.8, 4) is 0 Å². The van der Waals surface area contributed by atoms with Crippen LogP contribution < -0.4 is 0 Å². The highest BCUT2D eigenvalue weighted by molar-refractivity contribution is 7.98. The van der Waals surface area contributed by atoms with Crippen molar-refractivity contribution in [1.82, 2.24) is 0 Å². The number of benzene rings is 2. The van der Waals surface area contributed by atoms with Gasteiger partial charge in [0.05, 0.1) is 0 Å². The lowest BCUT2D eigenvalue weighted by Crippen LogP contribution is -2.10. The normalized spacial score (nSPS) is 11.5. The maximum absolute atomic E-state index is 2.25. The van der Waals surface area contributed by atoms with Crippen LogP contribution in [0.3, 0.4) is 0 Å². The molecule has 0 aliphatic rings. The van der Waals surface area contributed by atoms with E-state index >= 15 is 0 Å². The van der Waals surface area contributed by atoms with Crippen LogP contribution in [-0.2, 0) is 11.2 Å². The fraction of sp³-hybridized carbons (Fsp3) is 0.294. The predicted molar refractivity (Wildman–Crippen MR) is 81.1 cm³/mol. The van der Waals surface area contributed by atoms with E-state index in [9.17, 15) is 0 Å². The van der Waals surface area contributed by atoms with Crippen LogP contribution in [0.2, 0.25) is 0 Å². The Balaban J connectivity index is 1.99. The summed E-state index contributed by atoms with van der Waals surface area (Å²) in [6.45, 7) is 6.75. The highest BCUT2D eigenvalue weighted by Gasteiger charge is 2.12. The quantitative estimate of drug-likeness (QED) is 0.674. The summed E-state index contributed by atoms with van der Waals surface area (Å²) in [4.78, 5) is 1.33. The van der Waals surface area contributed by atoms with Gasteiger partial charge in [-0.25, -0.2) is 0 Å². The molecule has 1 heteroatoms. The minimum absolute atomic E-state index is 0.241. The number of thioether (sulfide) groups is 1. The molecular weight excluding hydrogens is 236 g/mol. The van der Waals surface area contributed by atoms with E-state index in [0.29, 0.717) is 0 Å². The molecule has 2 aromatic carbocycles. The van der Waals surface area contributed by atoms with E-state index in [2.05, 4.69) is 75.4 Å². The first-order valence-corrected chi connectivity index (χ1v) is 7.31. The van der Waals surface area contributed by atoms with Crippen molar-refractivity contribution in [1.29, 1.82) is 0 Å². The van der Waals surface area contributed by atoms with E-state index in [1.807, 2.05) is 11.8 Å². The molecule has 2 rings (SSSR count). The van der Waals surface area contributed by atoms with Crippen molar-refractivity contribution >= 4 is 11.8 Å². The van der Waals surface area contributed by atoms with Gasteiger partial charge in [-0.3, -0.25) is 0 Å². The number of rotatable bonds is 3. The Kier molecular flexibility index (Phi) is 4.13. The third-order valence-electron chi connectivity index (χ3n) is 2.97. The molecule has 18 heavy (non-hydrogen) atoms. The molecule has 0 bridgehead atoms. The Morgan fingerprint density at radius 1 is 0.833 bits per heavy atom. The van der Waals surface area contributed by atoms with Crippen molar-refractivity contribution in [3.63, 3.8) is 0 Å². The monoisotopic (exact) mass is 256 g/mol. The van der Waals surface area contributed by atoms with Gasteiger partial charge < -0.3 is 0 Å². The molecule has 94 valence electrons. The minimum Gasteiger partial charge on any atom is -0.121 e. The lowest BCUT2D eigenvalue weighted by molar-refractivity contribution is 0.590. The van der Waals surface area contributed by atoms with Gasteiger partial charge in [0.15, 0.2) is 0 Å². The van der Waals surface area contributed by atoms with Crippen LogP contribution >= 0.6 is 11.8 Å². The third kappa shape index (κ3) is 3.64. The first-order chi connectivity index (χ1) is 8.55. The molecule has 0 saturated heterocycles. The van der Waals surface area contributed by atoms with E-state index in [1.54, 1.807) is 0 Å². The summed E-state index contributed by atoms with van der Waals surface area (Å²) < 4.78 is 0. The second kappa shape index (κ2) is 5.62. The Bertz CT molecular complexity index is 477. The molecule has 0 spiro atoms. The largest absolute Gasteiger partial charge is 0.121 e. The Hall–Kier alpha value is -1.21. The standard InChI is InChI=1S/C17H20S/c1-17(2,3)15-11-9-14(10-12-15)13-18-16-7-5-4-6-8-16/h4-12H,13H2,1-3H3. The molecule has 0 fully saturated rings. The average molecular weight is 256 g/mol. The molecule has 0 aliphatic heterocycles. The third-order valence-corrected chi connectivity index (χ3v) is 4.05. The number of hydrogen-bond donors (Lipinski definition) is 0. The zero-order valence-corrected chi connectivity index (χ0v) is 12.1. The van der Waals surface area contributed by atoms with Gasteiger partial charge in [0.2, 0.25) is 0 Å². The van der Waals surface area contributed by atoms with E-state index in [-0.39, 0.29) is 5.41 Å². The summed E-state index contributed by atoms with van der Waals surface area (Å²) in [5, 5.41) is 0. The summed E-state index contributed by atoms with van der Waals surface area (Å²) in [6.07, 6.45) is 0. The molecule has 0 atom stereocenters. The van der Waals surface area contributed by atoms with Crippen molar-refractivity contribution in [2.24, 2.45) is 0 Å². The van der Waals surface area contributed by atoms with Gasteiger partial charge in [0.25, 0.3) is 0 Å². The molecule has 0 aromatic heterocycles. The fourth-order valence-electron chi connectivity index (χ4n) is 1.78. The molecule has 0 amide bonds. The van der Waals surface area contributed by atoms with Crippen molar-refractivity contribution in [2.75, 3.05) is 0 Å². The van der Waals surface area contributed by atoms with E-state index in [0.717, 1.165) is 5.75 Å². The molecular formula is C17H20S. The Morgan fingerprint density at radius 2 is 1.44 bits per heavy atom. The second-order valence-corrected chi connectivity index (χ2v) is 6.60. The fourth-order valence-corrected chi connectivity index (χ4v) is 2.66. The van der Waals surface area contributed by atoms with Crippen LogP contribution in [0.5, 0.6) is 0 Å². The zero-order valence-electron chi connectivity index (χ0n) is 11.3. The Labute approximate surface area is 114 Å². The van der Waals surface area contributed by atoms with Crippen molar-refractivity contribution in [3.05, 3.63) is 65.7 Å². The summed E-state index contributed by atoms with van der Waals surface area (Å²) in [5.41, 5.74) is 3.03. The first kappa shape index (κ1) is 13.2. The first-order valence-electron chi connectivity index (χ1n) is 6.33. The summed E-state index contributed by atoms with van der Waals surface area (Å²) >= 11 is 1.89. The maximum Gasteiger partial charge on any atom is 0.0231 e. The molecule has 0 nitrogen and oxygen atoms in total.